The summed E-state index contributed by atoms with van der Waals surface area (Å²) in [6.45, 7) is 10.7. The minimum atomic E-state index is -1.24. The van der Waals surface area contributed by atoms with Gasteiger partial charge in [-0.25, -0.2) is 9.59 Å². The average molecular weight is 330 g/mol. The first kappa shape index (κ1) is 17.8. The minimum absolute atomic E-state index is 0.0447. The molecule has 0 saturated carbocycles. The van der Waals surface area contributed by atoms with Crippen LogP contribution >= 0.6 is 0 Å². The lowest BCUT2D eigenvalue weighted by Crippen LogP contribution is -2.41. The minimum Gasteiger partial charge on any atom is -0.491 e. The van der Waals surface area contributed by atoms with Gasteiger partial charge in [0.2, 0.25) is 0 Å². The second-order valence-electron chi connectivity index (χ2n) is 6.26. The van der Waals surface area contributed by atoms with Crippen molar-refractivity contribution in [3.63, 3.8) is 0 Å². The molecule has 0 atom stereocenters. The van der Waals surface area contributed by atoms with Gasteiger partial charge in [-0.05, 0) is 49.6 Å². The third-order valence-electron chi connectivity index (χ3n) is 3.24. The van der Waals surface area contributed by atoms with Crippen LogP contribution in [0.5, 0.6) is 5.75 Å². The molecule has 0 bridgehead atoms. The van der Waals surface area contributed by atoms with E-state index in [1.165, 1.54) is 19.9 Å². The highest BCUT2D eigenvalue weighted by Crippen LogP contribution is 2.27. The summed E-state index contributed by atoms with van der Waals surface area (Å²) in [6, 6.07) is 5.44. The van der Waals surface area contributed by atoms with Crippen LogP contribution in [0.1, 0.15) is 38.8 Å². The summed E-state index contributed by atoms with van der Waals surface area (Å²) in [7, 11) is 0. The molecule has 1 aromatic carbocycles. The zero-order chi connectivity index (χ0) is 17.9. The lowest BCUT2D eigenvalue weighted by atomic mass is 10.0. The number of allylic oxidation sites excluding steroid dienone is 1. The Morgan fingerprint density at radius 1 is 1.21 bits per heavy atom. The first-order valence-corrected chi connectivity index (χ1v) is 7.80. The van der Waals surface area contributed by atoms with E-state index in [4.69, 9.17) is 14.2 Å². The maximum absolute atomic E-state index is 12.0. The van der Waals surface area contributed by atoms with Crippen LogP contribution < -0.4 is 4.74 Å². The number of hydrogen-bond donors (Lipinski definition) is 0. The second-order valence-corrected chi connectivity index (χ2v) is 6.26. The molecule has 128 valence electrons. The average Bonchev–Trinajstić information content (AvgIpc) is 2.44. The molecule has 0 spiro atoms. The lowest BCUT2D eigenvalue weighted by Gasteiger charge is -2.29. The number of carbonyl (C=O) groups is 2. The molecule has 5 nitrogen and oxygen atoms in total. The van der Waals surface area contributed by atoms with Gasteiger partial charge in [0.1, 0.15) is 11.3 Å². The van der Waals surface area contributed by atoms with Crippen LogP contribution in [0.4, 0.5) is 0 Å². The predicted molar refractivity (Wildman–Crippen MR) is 90.3 cm³/mol. The summed E-state index contributed by atoms with van der Waals surface area (Å²) in [4.78, 5) is 24.0. The smallest absolute Gasteiger partial charge is 0.348 e. The van der Waals surface area contributed by atoms with E-state index in [-0.39, 0.29) is 11.7 Å². The van der Waals surface area contributed by atoms with Crippen molar-refractivity contribution >= 4 is 18.0 Å². The third kappa shape index (κ3) is 4.25. The Labute approximate surface area is 141 Å². The molecule has 1 fully saturated rings. The van der Waals surface area contributed by atoms with Gasteiger partial charge in [0.15, 0.2) is 0 Å². The van der Waals surface area contributed by atoms with E-state index in [9.17, 15) is 9.59 Å². The summed E-state index contributed by atoms with van der Waals surface area (Å²) < 4.78 is 15.9. The fourth-order valence-electron chi connectivity index (χ4n) is 2.32. The zero-order valence-corrected chi connectivity index (χ0v) is 14.4. The molecule has 1 aliphatic heterocycles. The van der Waals surface area contributed by atoms with Crippen molar-refractivity contribution < 1.29 is 23.8 Å². The quantitative estimate of drug-likeness (QED) is 0.358. The molecule has 2 rings (SSSR count). The Kier molecular flexibility index (Phi) is 5.12. The molecule has 1 aromatic rings. The van der Waals surface area contributed by atoms with Gasteiger partial charge in [-0.1, -0.05) is 12.1 Å². The summed E-state index contributed by atoms with van der Waals surface area (Å²) in [6.07, 6.45) is 3.89. The highest BCUT2D eigenvalue weighted by molar-refractivity contribution is 6.18. The Balaban J connectivity index is 2.35. The fraction of sp³-hybridized carbons (Fsp3) is 0.368. The van der Waals surface area contributed by atoms with Crippen LogP contribution in [0.2, 0.25) is 0 Å². The van der Waals surface area contributed by atoms with Crippen molar-refractivity contribution in [2.75, 3.05) is 0 Å². The highest BCUT2D eigenvalue weighted by Gasteiger charge is 2.38. The van der Waals surface area contributed by atoms with Crippen molar-refractivity contribution in [1.29, 1.82) is 0 Å². The van der Waals surface area contributed by atoms with E-state index in [2.05, 4.69) is 6.58 Å². The molecule has 0 aromatic heterocycles. The zero-order valence-electron chi connectivity index (χ0n) is 14.4. The summed E-state index contributed by atoms with van der Waals surface area (Å²) >= 11 is 0. The topological polar surface area (TPSA) is 61.8 Å². The molecule has 1 saturated heterocycles. The van der Waals surface area contributed by atoms with Gasteiger partial charge in [-0.15, -0.1) is 6.58 Å². The second kappa shape index (κ2) is 6.91. The Bertz CT molecular complexity index is 676. The molecular formula is C19H22O5. The Hall–Kier alpha value is -2.56. The summed E-state index contributed by atoms with van der Waals surface area (Å²) in [5, 5.41) is 0. The van der Waals surface area contributed by atoms with Crippen molar-refractivity contribution in [3.05, 3.63) is 47.6 Å². The lowest BCUT2D eigenvalue weighted by molar-refractivity contribution is -0.222. The number of esters is 2. The number of cyclic esters (lactones) is 2. The van der Waals surface area contributed by atoms with E-state index in [1.54, 1.807) is 12.1 Å². The number of rotatable bonds is 5. The van der Waals surface area contributed by atoms with Gasteiger partial charge in [-0.2, -0.15) is 0 Å². The monoisotopic (exact) mass is 330 g/mol. The van der Waals surface area contributed by atoms with Crippen LogP contribution in [0.25, 0.3) is 6.08 Å². The SMILES string of the molecule is C=CCc1cc(C=C2C(=O)OC(C)(C)OC2=O)ccc1OC(C)C. The van der Waals surface area contributed by atoms with Gasteiger partial charge in [0.25, 0.3) is 5.79 Å². The van der Waals surface area contributed by atoms with Crippen molar-refractivity contribution in [2.24, 2.45) is 0 Å². The van der Waals surface area contributed by atoms with Crippen molar-refractivity contribution in [1.82, 2.24) is 0 Å². The number of carbonyl (C=O) groups excluding carboxylic acids is 2. The van der Waals surface area contributed by atoms with Crippen LogP contribution in [-0.4, -0.2) is 23.8 Å². The van der Waals surface area contributed by atoms with Crippen LogP contribution in [0.15, 0.2) is 36.4 Å². The van der Waals surface area contributed by atoms with Gasteiger partial charge in [-0.3, -0.25) is 0 Å². The molecule has 0 amide bonds. The first-order chi connectivity index (χ1) is 11.2. The normalized spacial score (nSPS) is 16.5. The van der Waals surface area contributed by atoms with E-state index in [0.29, 0.717) is 12.0 Å². The van der Waals surface area contributed by atoms with Crippen molar-refractivity contribution in [2.45, 2.75) is 46.0 Å². The van der Waals surface area contributed by atoms with E-state index in [0.717, 1.165) is 11.3 Å². The largest absolute Gasteiger partial charge is 0.491 e. The van der Waals surface area contributed by atoms with Crippen LogP contribution in [0.3, 0.4) is 0 Å². The first-order valence-electron chi connectivity index (χ1n) is 7.80. The molecule has 1 aliphatic rings. The number of hydrogen-bond acceptors (Lipinski definition) is 5. The Morgan fingerprint density at radius 2 is 1.83 bits per heavy atom. The van der Waals surface area contributed by atoms with E-state index >= 15 is 0 Å². The van der Waals surface area contributed by atoms with Gasteiger partial charge < -0.3 is 14.2 Å². The van der Waals surface area contributed by atoms with Gasteiger partial charge in [0.05, 0.1) is 6.10 Å². The predicted octanol–water partition coefficient (Wildman–Crippen LogP) is 3.42. The fourth-order valence-corrected chi connectivity index (χ4v) is 2.32. The molecule has 0 radical (unpaired) electrons. The maximum atomic E-state index is 12.0. The van der Waals surface area contributed by atoms with Crippen molar-refractivity contribution in [3.8, 4) is 5.75 Å². The van der Waals surface area contributed by atoms with Crippen LogP contribution in [0, 0.1) is 0 Å². The van der Waals surface area contributed by atoms with Gasteiger partial charge >= 0.3 is 11.9 Å². The third-order valence-corrected chi connectivity index (χ3v) is 3.24. The molecule has 24 heavy (non-hydrogen) atoms. The molecule has 0 unspecified atom stereocenters. The van der Waals surface area contributed by atoms with E-state index in [1.807, 2.05) is 26.0 Å². The molecule has 0 N–H and O–H groups in total. The summed E-state index contributed by atoms with van der Waals surface area (Å²) in [5.41, 5.74) is 1.48. The molecule has 1 heterocycles. The van der Waals surface area contributed by atoms with Gasteiger partial charge in [0, 0.05) is 13.8 Å². The molecule has 0 aliphatic carbocycles. The summed E-state index contributed by atoms with van der Waals surface area (Å²) in [5.74, 6) is -1.87. The Morgan fingerprint density at radius 3 is 2.38 bits per heavy atom. The number of benzene rings is 1. The van der Waals surface area contributed by atoms with Crippen LogP contribution in [-0.2, 0) is 25.5 Å². The van der Waals surface area contributed by atoms with E-state index < -0.39 is 17.7 Å². The number of ether oxygens (including phenoxy) is 3. The maximum Gasteiger partial charge on any atom is 0.348 e. The molecule has 5 heteroatoms. The molecular weight excluding hydrogens is 308 g/mol. The highest BCUT2D eigenvalue weighted by atomic mass is 16.7. The standard InChI is InChI=1S/C19H22O5/c1-6-7-14-10-13(8-9-16(14)22-12(2)3)11-15-17(20)23-19(4,5)24-18(15)21/h6,8-12H,1,7H2,2-5H3.